The van der Waals surface area contributed by atoms with Gasteiger partial charge < -0.3 is 10.1 Å². The molecule has 0 spiro atoms. The Morgan fingerprint density at radius 3 is 2.53 bits per heavy atom. The van der Waals surface area contributed by atoms with Crippen molar-refractivity contribution < 1.29 is 9.66 Å². The van der Waals surface area contributed by atoms with Crippen molar-refractivity contribution in [1.82, 2.24) is 0 Å². The molecule has 0 aliphatic carbocycles. The van der Waals surface area contributed by atoms with Gasteiger partial charge >= 0.3 is 0 Å². The summed E-state index contributed by atoms with van der Waals surface area (Å²) < 4.78 is 5.62. The van der Waals surface area contributed by atoms with E-state index in [-0.39, 0.29) is 11.3 Å². The summed E-state index contributed by atoms with van der Waals surface area (Å²) in [6, 6.07) is 4.95. The molecule has 0 atom stereocenters. The van der Waals surface area contributed by atoms with Gasteiger partial charge in [-0.25, -0.2) is 0 Å². The molecule has 17 heavy (non-hydrogen) atoms. The molecule has 0 amide bonds. The maximum absolute atomic E-state index is 10.7. The predicted molar refractivity (Wildman–Crippen MR) is 67.2 cm³/mol. The first kappa shape index (κ1) is 13.4. The van der Waals surface area contributed by atoms with Gasteiger partial charge in [0.05, 0.1) is 17.1 Å². The molecule has 0 bridgehead atoms. The lowest BCUT2D eigenvalue weighted by Crippen LogP contribution is -2.18. The molecule has 94 valence electrons. The van der Waals surface area contributed by atoms with E-state index in [0.29, 0.717) is 12.3 Å². The molecule has 0 heterocycles. The maximum atomic E-state index is 10.7. The van der Waals surface area contributed by atoms with Crippen molar-refractivity contribution >= 4 is 11.4 Å². The summed E-state index contributed by atoms with van der Waals surface area (Å²) in [5, 5.41) is 13.6. The van der Waals surface area contributed by atoms with E-state index in [1.54, 1.807) is 19.2 Å². The molecule has 1 rings (SSSR count). The van der Waals surface area contributed by atoms with E-state index < -0.39 is 4.92 Å². The summed E-state index contributed by atoms with van der Waals surface area (Å²) in [6.07, 6.45) is 0. The normalized spacial score (nSPS) is 11.3. The van der Waals surface area contributed by atoms with Crippen LogP contribution < -0.4 is 5.32 Å². The molecule has 0 aliphatic heterocycles. The molecule has 0 aliphatic rings. The molecule has 0 aromatic heterocycles. The van der Waals surface area contributed by atoms with Crippen LogP contribution in [0.2, 0.25) is 0 Å². The van der Waals surface area contributed by atoms with Gasteiger partial charge in [-0.05, 0) is 38.5 Å². The molecule has 5 heteroatoms. The van der Waals surface area contributed by atoms with Gasteiger partial charge in [0.2, 0.25) is 0 Å². The van der Waals surface area contributed by atoms with Crippen LogP contribution in [0.15, 0.2) is 18.2 Å². The zero-order valence-corrected chi connectivity index (χ0v) is 10.6. The smallest absolute Gasteiger partial charge is 0.292 e. The summed E-state index contributed by atoms with van der Waals surface area (Å²) in [4.78, 5) is 10.3. The first-order valence-electron chi connectivity index (χ1n) is 5.42. The number of rotatable bonds is 4. The summed E-state index contributed by atoms with van der Waals surface area (Å²) in [7, 11) is 1.66. The van der Waals surface area contributed by atoms with Gasteiger partial charge in [0.15, 0.2) is 0 Å². The lowest BCUT2D eigenvalue weighted by Gasteiger charge is -2.19. The fourth-order valence-corrected chi connectivity index (χ4v) is 1.33. The lowest BCUT2D eigenvalue weighted by molar-refractivity contribution is -0.384. The number of nitro groups is 1. The number of hydrogen-bond donors (Lipinski definition) is 1. The van der Waals surface area contributed by atoms with Crippen LogP contribution in [0.1, 0.15) is 26.3 Å². The minimum absolute atomic E-state index is 0.0759. The van der Waals surface area contributed by atoms with Crippen molar-refractivity contribution in [3.05, 3.63) is 33.9 Å². The van der Waals surface area contributed by atoms with E-state index in [4.69, 9.17) is 4.74 Å². The van der Waals surface area contributed by atoms with Crippen LogP contribution >= 0.6 is 0 Å². The molecule has 0 saturated heterocycles. The largest absolute Gasteiger partial charge is 0.383 e. The second-order valence-corrected chi connectivity index (χ2v) is 4.76. The van der Waals surface area contributed by atoms with E-state index >= 15 is 0 Å². The molecule has 0 radical (unpaired) electrons. The van der Waals surface area contributed by atoms with E-state index in [0.717, 1.165) is 5.56 Å². The Morgan fingerprint density at radius 2 is 2.06 bits per heavy atom. The Hall–Kier alpha value is -1.62. The number of benzene rings is 1. The second kappa shape index (κ2) is 5.14. The van der Waals surface area contributed by atoms with Crippen molar-refractivity contribution in [2.45, 2.75) is 33.0 Å². The third-order valence-corrected chi connectivity index (χ3v) is 2.20. The quantitative estimate of drug-likeness (QED) is 0.647. The number of nitrogens with zero attached hydrogens (tertiary/aromatic N) is 1. The van der Waals surface area contributed by atoms with Gasteiger partial charge in [0.25, 0.3) is 5.69 Å². The number of hydrogen-bond acceptors (Lipinski definition) is 4. The van der Waals surface area contributed by atoms with E-state index in [1.807, 2.05) is 20.8 Å². The number of anilines is 1. The molecular formula is C12H18N2O3. The van der Waals surface area contributed by atoms with Crippen LogP contribution in [0.3, 0.4) is 0 Å². The highest BCUT2D eigenvalue weighted by Gasteiger charge is 2.14. The third kappa shape index (κ3) is 4.03. The number of ether oxygens (including phenoxy) is 1. The number of nitro benzene ring substituents is 1. The van der Waals surface area contributed by atoms with Crippen molar-refractivity contribution in [2.24, 2.45) is 0 Å². The summed E-state index contributed by atoms with van der Waals surface area (Å²) >= 11 is 0. The highest BCUT2D eigenvalue weighted by molar-refractivity contribution is 5.62. The molecule has 1 aromatic rings. The first-order valence-corrected chi connectivity index (χ1v) is 5.42. The fraction of sp³-hybridized carbons (Fsp3) is 0.500. The molecule has 5 nitrogen and oxygen atoms in total. The van der Waals surface area contributed by atoms with Gasteiger partial charge in [-0.2, -0.15) is 0 Å². The van der Waals surface area contributed by atoms with Gasteiger partial charge in [-0.15, -0.1) is 0 Å². The average Bonchev–Trinajstić information content (AvgIpc) is 2.24. The summed E-state index contributed by atoms with van der Waals surface area (Å²) in [6.45, 7) is 6.35. The van der Waals surface area contributed by atoms with Crippen LogP contribution in [0.5, 0.6) is 0 Å². The van der Waals surface area contributed by atoms with Crippen molar-refractivity contribution in [1.29, 1.82) is 0 Å². The van der Waals surface area contributed by atoms with Gasteiger partial charge in [-0.3, -0.25) is 10.1 Å². The summed E-state index contributed by atoms with van der Waals surface area (Å²) in [5.74, 6) is 0. The van der Waals surface area contributed by atoms with Crippen molar-refractivity contribution in [2.75, 3.05) is 12.4 Å². The Bertz CT molecular complexity index is 411. The van der Waals surface area contributed by atoms with Crippen LogP contribution in [0.4, 0.5) is 11.4 Å². The molecule has 1 N–H and O–H groups in total. The highest BCUT2D eigenvalue weighted by Crippen LogP contribution is 2.25. The summed E-state index contributed by atoms with van der Waals surface area (Å²) in [5.41, 5.74) is 1.27. The second-order valence-electron chi connectivity index (χ2n) is 4.76. The first-order chi connectivity index (χ1) is 7.83. The van der Waals surface area contributed by atoms with E-state index in [2.05, 4.69) is 5.32 Å². The van der Waals surface area contributed by atoms with Crippen molar-refractivity contribution in [3.8, 4) is 0 Å². The van der Waals surface area contributed by atoms with Crippen LogP contribution in [-0.2, 0) is 11.3 Å². The van der Waals surface area contributed by atoms with Gasteiger partial charge in [0, 0.05) is 13.1 Å². The fourth-order valence-electron chi connectivity index (χ4n) is 1.33. The Kier molecular flexibility index (Phi) is 4.07. The van der Waals surface area contributed by atoms with Crippen LogP contribution in [0, 0.1) is 10.1 Å². The Labute approximate surface area is 101 Å². The minimum atomic E-state index is -0.403. The zero-order chi connectivity index (χ0) is 13.1. The Morgan fingerprint density at radius 1 is 1.41 bits per heavy atom. The third-order valence-electron chi connectivity index (χ3n) is 2.20. The standard InChI is InChI=1S/C12H18N2O3/c1-12(2,3)17-8-9-5-6-11(14(15)16)10(7-9)13-4/h5-7,13H,8H2,1-4H3. The highest BCUT2D eigenvalue weighted by atomic mass is 16.6. The van der Waals surface area contributed by atoms with Crippen molar-refractivity contribution in [3.63, 3.8) is 0 Å². The molecule has 0 saturated carbocycles. The lowest BCUT2D eigenvalue weighted by atomic mass is 10.1. The van der Waals surface area contributed by atoms with Gasteiger partial charge in [0.1, 0.15) is 5.69 Å². The number of nitrogens with one attached hydrogen (secondary N) is 1. The van der Waals surface area contributed by atoms with E-state index in [9.17, 15) is 10.1 Å². The van der Waals surface area contributed by atoms with E-state index in [1.165, 1.54) is 6.07 Å². The Balaban J connectivity index is 2.87. The minimum Gasteiger partial charge on any atom is -0.383 e. The topological polar surface area (TPSA) is 64.4 Å². The van der Waals surface area contributed by atoms with Crippen LogP contribution in [-0.4, -0.2) is 17.6 Å². The maximum Gasteiger partial charge on any atom is 0.292 e. The van der Waals surface area contributed by atoms with Crippen LogP contribution in [0.25, 0.3) is 0 Å². The average molecular weight is 238 g/mol. The molecular weight excluding hydrogens is 220 g/mol. The monoisotopic (exact) mass is 238 g/mol. The molecule has 0 unspecified atom stereocenters. The molecule has 0 fully saturated rings. The molecule has 1 aromatic carbocycles. The zero-order valence-electron chi connectivity index (χ0n) is 10.6. The van der Waals surface area contributed by atoms with Gasteiger partial charge in [-0.1, -0.05) is 0 Å². The SMILES string of the molecule is CNc1cc(COC(C)(C)C)ccc1[N+](=O)[O-]. The predicted octanol–water partition coefficient (Wildman–Crippen LogP) is 2.95.